The summed E-state index contributed by atoms with van der Waals surface area (Å²) in [5, 5.41) is 6.03. The first-order chi connectivity index (χ1) is 14.6. The van der Waals surface area contributed by atoms with Crippen LogP contribution in [0.3, 0.4) is 0 Å². The molecule has 1 amide bonds. The largest absolute Gasteiger partial charge is 0.497 e. The summed E-state index contributed by atoms with van der Waals surface area (Å²) < 4.78 is 49.6. The van der Waals surface area contributed by atoms with Gasteiger partial charge in [0.2, 0.25) is 0 Å². The molecule has 0 aliphatic heterocycles. The molecule has 2 aromatic carbocycles. The van der Waals surface area contributed by atoms with E-state index in [4.69, 9.17) is 9.47 Å². The normalized spacial score (nSPS) is 12.6. The lowest BCUT2D eigenvalue weighted by atomic mass is 9.73. The van der Waals surface area contributed by atoms with Gasteiger partial charge in [0.1, 0.15) is 17.0 Å². The first kappa shape index (κ1) is 23.9. The lowest BCUT2D eigenvalue weighted by Gasteiger charge is -2.41. The zero-order valence-electron chi connectivity index (χ0n) is 17.5. The summed E-state index contributed by atoms with van der Waals surface area (Å²) in [6.07, 6.45) is -5.10. The lowest BCUT2D eigenvalue weighted by molar-refractivity contribution is -0.175. The summed E-state index contributed by atoms with van der Waals surface area (Å²) in [5.74, 6) is -1.64. The van der Waals surface area contributed by atoms with Crippen molar-refractivity contribution in [2.75, 3.05) is 14.2 Å². The van der Waals surface area contributed by atoms with Crippen LogP contribution in [0.5, 0.6) is 11.5 Å². The predicted molar refractivity (Wildman–Crippen MR) is 109 cm³/mol. The maximum atomic E-state index is 13.1. The van der Waals surface area contributed by atoms with Gasteiger partial charge in [-0.1, -0.05) is 43.2 Å². The molecule has 2 rings (SSSR count). The number of halogens is 3. The minimum Gasteiger partial charge on any atom is -0.497 e. The Hall–Kier alpha value is -3.39. The van der Waals surface area contributed by atoms with Crippen LogP contribution in [0.2, 0.25) is 0 Å². The predicted octanol–water partition coefficient (Wildman–Crippen LogP) is 4.96. The molecule has 1 N–H and O–H groups in total. The van der Waals surface area contributed by atoms with E-state index in [1.807, 2.05) is 5.32 Å². The SMILES string of the molecule is COc1ccc(C(N=[N+]=[N-])(c2ccc(OC)cc2)[C@@H](NC(=O)C(F)(F)F)C(C)C)cc1. The second kappa shape index (κ2) is 9.61. The zero-order chi connectivity index (χ0) is 23.2. The fourth-order valence-electron chi connectivity index (χ4n) is 3.44. The van der Waals surface area contributed by atoms with Crippen molar-refractivity contribution in [3.05, 3.63) is 70.1 Å². The standard InChI is InChI=1S/C21H23F3N4O3/c1-13(2)18(26-19(29)21(22,23)24)20(27-28-25,14-5-9-16(30-3)10-6-14)15-7-11-17(31-4)12-8-15/h5-13,18H,1-4H3,(H,26,29)/t18-/m0/s1. The Morgan fingerprint density at radius 1 is 0.968 bits per heavy atom. The molecule has 0 aliphatic carbocycles. The number of methoxy groups -OCH3 is 2. The Labute approximate surface area is 177 Å². The number of hydrogen-bond donors (Lipinski definition) is 1. The van der Waals surface area contributed by atoms with Crippen LogP contribution >= 0.6 is 0 Å². The fraction of sp³-hybridized carbons (Fsp3) is 0.381. The van der Waals surface area contributed by atoms with Crippen molar-refractivity contribution in [2.24, 2.45) is 11.0 Å². The van der Waals surface area contributed by atoms with E-state index in [1.165, 1.54) is 14.2 Å². The minimum absolute atomic E-state index is 0.387. The summed E-state index contributed by atoms with van der Waals surface area (Å²) in [6, 6.07) is 11.5. The first-order valence-electron chi connectivity index (χ1n) is 9.33. The third-order valence-corrected chi connectivity index (χ3v) is 4.92. The zero-order valence-corrected chi connectivity index (χ0v) is 17.5. The maximum Gasteiger partial charge on any atom is 0.471 e. The van der Waals surface area contributed by atoms with Crippen molar-refractivity contribution < 1.29 is 27.4 Å². The van der Waals surface area contributed by atoms with Crippen LogP contribution in [0.1, 0.15) is 25.0 Å². The Morgan fingerprint density at radius 2 is 1.39 bits per heavy atom. The van der Waals surface area contributed by atoms with Gasteiger partial charge in [-0.2, -0.15) is 13.2 Å². The number of carbonyl (C=O) groups excluding carboxylic acids is 1. The van der Waals surface area contributed by atoms with Gasteiger partial charge in [-0.25, -0.2) is 0 Å². The average Bonchev–Trinajstić information content (AvgIpc) is 2.75. The average molecular weight is 436 g/mol. The third kappa shape index (κ3) is 5.03. The molecular formula is C21H23F3N4O3. The molecule has 31 heavy (non-hydrogen) atoms. The maximum absolute atomic E-state index is 13.1. The van der Waals surface area contributed by atoms with Gasteiger partial charge in [-0.05, 0) is 46.8 Å². The van der Waals surface area contributed by atoms with Gasteiger partial charge in [0.15, 0.2) is 0 Å². The lowest BCUT2D eigenvalue weighted by Crippen LogP contribution is -2.55. The number of alkyl halides is 3. The Kier molecular flexibility index (Phi) is 7.41. The van der Waals surface area contributed by atoms with Crippen LogP contribution < -0.4 is 14.8 Å². The van der Waals surface area contributed by atoms with Crippen molar-refractivity contribution in [3.8, 4) is 11.5 Å². The number of nitrogens with one attached hydrogen (secondary N) is 1. The number of carbonyl (C=O) groups is 1. The number of ether oxygens (including phenoxy) is 2. The number of nitrogens with zero attached hydrogens (tertiary/aromatic N) is 3. The Morgan fingerprint density at radius 3 is 1.68 bits per heavy atom. The molecular weight excluding hydrogens is 413 g/mol. The molecule has 166 valence electrons. The van der Waals surface area contributed by atoms with Gasteiger partial charge in [-0.3, -0.25) is 4.79 Å². The highest BCUT2D eigenvalue weighted by molar-refractivity contribution is 5.82. The minimum atomic E-state index is -5.10. The van der Waals surface area contributed by atoms with E-state index in [-0.39, 0.29) is 0 Å². The van der Waals surface area contributed by atoms with E-state index < -0.39 is 29.6 Å². The first-order valence-corrected chi connectivity index (χ1v) is 9.33. The molecule has 0 aliphatic rings. The van der Waals surface area contributed by atoms with Crippen molar-refractivity contribution in [1.29, 1.82) is 0 Å². The van der Waals surface area contributed by atoms with E-state index in [9.17, 15) is 23.5 Å². The van der Waals surface area contributed by atoms with Gasteiger partial charge >= 0.3 is 12.1 Å². The topological polar surface area (TPSA) is 96.3 Å². The monoisotopic (exact) mass is 436 g/mol. The van der Waals surface area contributed by atoms with E-state index in [1.54, 1.807) is 62.4 Å². The Bertz CT molecular complexity index is 890. The molecule has 0 saturated carbocycles. The molecule has 0 radical (unpaired) electrons. The van der Waals surface area contributed by atoms with E-state index in [0.717, 1.165) is 0 Å². The van der Waals surface area contributed by atoms with Crippen molar-refractivity contribution in [2.45, 2.75) is 31.6 Å². The van der Waals surface area contributed by atoms with Gasteiger partial charge in [0.25, 0.3) is 0 Å². The summed E-state index contributed by atoms with van der Waals surface area (Å²) in [7, 11) is 2.94. The molecule has 0 bridgehead atoms. The van der Waals surface area contributed by atoms with Gasteiger partial charge in [0, 0.05) is 4.91 Å². The fourth-order valence-corrected chi connectivity index (χ4v) is 3.44. The molecule has 2 aromatic rings. The highest BCUT2D eigenvalue weighted by Crippen LogP contribution is 2.42. The molecule has 0 aromatic heterocycles. The van der Waals surface area contributed by atoms with Crippen LogP contribution in [0.4, 0.5) is 13.2 Å². The van der Waals surface area contributed by atoms with Crippen molar-refractivity contribution in [3.63, 3.8) is 0 Å². The molecule has 0 saturated heterocycles. The molecule has 0 fully saturated rings. The van der Waals surface area contributed by atoms with E-state index in [2.05, 4.69) is 10.0 Å². The number of benzene rings is 2. The van der Waals surface area contributed by atoms with Gasteiger partial charge in [-0.15, -0.1) is 0 Å². The molecule has 10 heteroatoms. The third-order valence-electron chi connectivity index (χ3n) is 4.92. The highest BCUT2D eigenvalue weighted by atomic mass is 19.4. The molecule has 0 heterocycles. The van der Waals surface area contributed by atoms with Crippen LogP contribution in [0.15, 0.2) is 53.6 Å². The van der Waals surface area contributed by atoms with E-state index in [0.29, 0.717) is 22.6 Å². The summed E-state index contributed by atoms with van der Waals surface area (Å²) >= 11 is 0. The summed E-state index contributed by atoms with van der Waals surface area (Å²) in [4.78, 5) is 14.8. The number of azide groups is 1. The van der Waals surface area contributed by atoms with Crippen molar-refractivity contribution in [1.82, 2.24) is 5.32 Å². The second-order valence-corrected chi connectivity index (χ2v) is 7.11. The molecule has 0 spiro atoms. The quantitative estimate of drug-likeness (QED) is 0.360. The van der Waals surface area contributed by atoms with Crippen LogP contribution in [-0.4, -0.2) is 32.3 Å². The summed E-state index contributed by atoms with van der Waals surface area (Å²) in [6.45, 7) is 3.27. The Balaban J connectivity index is 2.81. The van der Waals surface area contributed by atoms with Crippen LogP contribution in [0, 0.1) is 5.92 Å². The van der Waals surface area contributed by atoms with Gasteiger partial charge < -0.3 is 14.8 Å². The highest BCUT2D eigenvalue weighted by Gasteiger charge is 2.48. The molecule has 7 nitrogen and oxygen atoms in total. The van der Waals surface area contributed by atoms with Crippen LogP contribution in [-0.2, 0) is 10.3 Å². The number of rotatable bonds is 8. The smallest absolute Gasteiger partial charge is 0.471 e. The van der Waals surface area contributed by atoms with Crippen LogP contribution in [0.25, 0.3) is 10.4 Å². The molecule has 0 unspecified atom stereocenters. The number of amides is 1. The molecule has 1 atom stereocenters. The van der Waals surface area contributed by atoms with E-state index >= 15 is 0 Å². The van der Waals surface area contributed by atoms with Gasteiger partial charge in [0.05, 0.1) is 20.3 Å². The summed E-state index contributed by atoms with van der Waals surface area (Å²) in [5.41, 5.74) is 8.52. The number of hydrogen-bond acceptors (Lipinski definition) is 4. The second-order valence-electron chi connectivity index (χ2n) is 7.11. The van der Waals surface area contributed by atoms with Crippen molar-refractivity contribution >= 4 is 5.91 Å².